The quantitative estimate of drug-likeness (QED) is 0.521. The summed E-state index contributed by atoms with van der Waals surface area (Å²) in [6.45, 7) is 1.97. The molecule has 5 rings (SSSR count). The van der Waals surface area contributed by atoms with Crippen LogP contribution in [0.4, 0.5) is 5.69 Å². The standard InChI is InChI=1S/C24H26N6O4S/c1-29-24(26-27-28-29)35-15-22(31)25-18-8-5-16(6-9-18)23(32)30-11-2-4-19(30)17-7-10-20-21(14-17)34-13-3-12-33-20/h5-10,14,19H,2-4,11-13,15H2,1H3,(H,25,31)/t19-/m0/s1. The molecule has 0 bridgehead atoms. The topological polar surface area (TPSA) is 111 Å². The van der Waals surface area contributed by atoms with Gasteiger partial charge in [0, 0.05) is 31.3 Å². The van der Waals surface area contributed by atoms with Crippen LogP contribution in [0.2, 0.25) is 0 Å². The van der Waals surface area contributed by atoms with E-state index >= 15 is 0 Å². The van der Waals surface area contributed by atoms with Crippen LogP contribution in [0.3, 0.4) is 0 Å². The number of nitrogens with zero attached hydrogens (tertiary/aromatic N) is 5. The van der Waals surface area contributed by atoms with Crippen molar-refractivity contribution < 1.29 is 19.1 Å². The molecule has 1 aromatic heterocycles. The lowest BCUT2D eigenvalue weighted by Crippen LogP contribution is -2.30. The molecule has 2 aromatic carbocycles. The van der Waals surface area contributed by atoms with Crippen molar-refractivity contribution in [1.82, 2.24) is 25.1 Å². The maximum absolute atomic E-state index is 13.3. The van der Waals surface area contributed by atoms with Gasteiger partial charge in [-0.15, -0.1) is 5.10 Å². The molecular weight excluding hydrogens is 468 g/mol. The maximum Gasteiger partial charge on any atom is 0.254 e. The fraction of sp³-hybridized carbons (Fsp3) is 0.375. The highest BCUT2D eigenvalue weighted by atomic mass is 32.2. The Kier molecular flexibility index (Phi) is 6.84. The Bertz CT molecular complexity index is 1210. The number of rotatable bonds is 6. The molecule has 0 aliphatic carbocycles. The average Bonchev–Trinajstić information content (AvgIpc) is 3.45. The summed E-state index contributed by atoms with van der Waals surface area (Å²) in [5, 5.41) is 14.5. The molecule has 0 radical (unpaired) electrons. The number of carbonyl (C=O) groups is 2. The first kappa shape index (κ1) is 23.2. The lowest BCUT2D eigenvalue weighted by molar-refractivity contribution is -0.113. The number of hydrogen-bond donors (Lipinski definition) is 1. The largest absolute Gasteiger partial charge is 0.490 e. The number of anilines is 1. The van der Waals surface area contributed by atoms with Gasteiger partial charge in [0.15, 0.2) is 11.5 Å². The molecule has 182 valence electrons. The predicted octanol–water partition coefficient (Wildman–Crippen LogP) is 3.08. The Morgan fingerprint density at radius 3 is 2.66 bits per heavy atom. The fourth-order valence-electron chi connectivity index (χ4n) is 4.28. The molecule has 35 heavy (non-hydrogen) atoms. The van der Waals surface area contributed by atoms with Crippen LogP contribution in [0.1, 0.15) is 41.2 Å². The van der Waals surface area contributed by atoms with E-state index in [9.17, 15) is 9.59 Å². The van der Waals surface area contributed by atoms with E-state index < -0.39 is 0 Å². The number of ether oxygens (including phenoxy) is 2. The summed E-state index contributed by atoms with van der Waals surface area (Å²) in [6.07, 6.45) is 2.70. The highest BCUT2D eigenvalue weighted by Gasteiger charge is 2.31. The molecule has 11 heteroatoms. The van der Waals surface area contributed by atoms with Gasteiger partial charge >= 0.3 is 0 Å². The molecule has 1 saturated heterocycles. The molecule has 0 spiro atoms. The van der Waals surface area contributed by atoms with Gasteiger partial charge in [0.2, 0.25) is 11.1 Å². The monoisotopic (exact) mass is 494 g/mol. The van der Waals surface area contributed by atoms with E-state index in [0.29, 0.717) is 36.2 Å². The van der Waals surface area contributed by atoms with E-state index in [1.165, 1.54) is 16.4 Å². The second-order valence-electron chi connectivity index (χ2n) is 8.41. The minimum atomic E-state index is -0.175. The van der Waals surface area contributed by atoms with Gasteiger partial charge in [-0.3, -0.25) is 9.59 Å². The van der Waals surface area contributed by atoms with Gasteiger partial charge < -0.3 is 19.7 Å². The lowest BCUT2D eigenvalue weighted by atomic mass is 10.0. The number of carbonyl (C=O) groups excluding carboxylic acids is 2. The minimum Gasteiger partial charge on any atom is -0.490 e. The van der Waals surface area contributed by atoms with Gasteiger partial charge in [-0.05, 0) is 65.2 Å². The number of amides is 2. The first-order valence-electron chi connectivity index (χ1n) is 11.5. The Morgan fingerprint density at radius 2 is 1.89 bits per heavy atom. The number of thioether (sulfide) groups is 1. The summed E-state index contributed by atoms with van der Waals surface area (Å²) in [5.41, 5.74) is 2.27. The van der Waals surface area contributed by atoms with Crippen LogP contribution in [0.25, 0.3) is 0 Å². The minimum absolute atomic E-state index is 0.00819. The van der Waals surface area contributed by atoms with Gasteiger partial charge in [0.1, 0.15) is 0 Å². The smallest absolute Gasteiger partial charge is 0.254 e. The summed E-state index contributed by atoms with van der Waals surface area (Å²) < 4.78 is 13.1. The molecule has 0 saturated carbocycles. The van der Waals surface area contributed by atoms with Crippen LogP contribution >= 0.6 is 11.8 Å². The van der Waals surface area contributed by atoms with Crippen LogP contribution in [0, 0.1) is 0 Å². The van der Waals surface area contributed by atoms with Gasteiger partial charge in [0.25, 0.3) is 5.91 Å². The molecule has 3 heterocycles. The normalized spacial score (nSPS) is 17.2. The molecule has 2 aliphatic rings. The van der Waals surface area contributed by atoms with Crippen LogP contribution in [0.15, 0.2) is 47.6 Å². The van der Waals surface area contributed by atoms with Crippen molar-refractivity contribution in [2.24, 2.45) is 7.05 Å². The number of nitrogens with one attached hydrogen (secondary N) is 1. The molecule has 2 aliphatic heterocycles. The van der Waals surface area contributed by atoms with Crippen LogP contribution in [-0.4, -0.2) is 62.4 Å². The molecule has 3 aromatic rings. The zero-order valence-corrected chi connectivity index (χ0v) is 20.2. The molecule has 1 N–H and O–H groups in total. The molecule has 2 amide bonds. The maximum atomic E-state index is 13.3. The third-order valence-corrected chi connectivity index (χ3v) is 7.01. The molecule has 1 atom stereocenters. The molecule has 10 nitrogen and oxygen atoms in total. The number of hydrogen-bond acceptors (Lipinski definition) is 8. The number of likely N-dealkylation sites (tertiary alicyclic amines) is 1. The summed E-state index contributed by atoms with van der Waals surface area (Å²) in [5.74, 6) is 1.48. The van der Waals surface area contributed by atoms with Crippen molar-refractivity contribution in [2.45, 2.75) is 30.5 Å². The third kappa shape index (κ3) is 5.24. The first-order chi connectivity index (χ1) is 17.1. The second-order valence-corrected chi connectivity index (χ2v) is 9.35. The van der Waals surface area contributed by atoms with Crippen molar-refractivity contribution in [3.8, 4) is 11.5 Å². The van der Waals surface area contributed by atoms with Crippen molar-refractivity contribution in [3.63, 3.8) is 0 Å². The van der Waals surface area contributed by atoms with Gasteiger partial charge in [-0.2, -0.15) is 0 Å². The fourth-order valence-corrected chi connectivity index (χ4v) is 4.93. The number of fused-ring (bicyclic) bond motifs is 1. The Labute approximate surface area is 207 Å². The van der Waals surface area contributed by atoms with E-state index in [-0.39, 0.29) is 23.6 Å². The Hall–Kier alpha value is -3.60. The second kappa shape index (κ2) is 10.3. The van der Waals surface area contributed by atoms with Crippen LogP contribution < -0.4 is 14.8 Å². The van der Waals surface area contributed by atoms with Crippen molar-refractivity contribution in [3.05, 3.63) is 53.6 Å². The highest BCUT2D eigenvalue weighted by molar-refractivity contribution is 7.99. The van der Waals surface area contributed by atoms with Crippen molar-refractivity contribution in [1.29, 1.82) is 0 Å². The van der Waals surface area contributed by atoms with Crippen molar-refractivity contribution in [2.75, 3.05) is 30.8 Å². The highest BCUT2D eigenvalue weighted by Crippen LogP contribution is 2.38. The zero-order valence-electron chi connectivity index (χ0n) is 19.3. The van der Waals surface area contributed by atoms with E-state index in [1.54, 1.807) is 31.3 Å². The SMILES string of the molecule is Cn1nnnc1SCC(=O)Nc1ccc(C(=O)N2CCC[C@H]2c2ccc3c(c2)OCCCO3)cc1. The van der Waals surface area contributed by atoms with E-state index in [1.807, 2.05) is 23.1 Å². The van der Waals surface area contributed by atoms with Gasteiger partial charge in [-0.1, -0.05) is 17.8 Å². The van der Waals surface area contributed by atoms with Gasteiger partial charge in [0.05, 0.1) is 25.0 Å². The molecule has 0 unspecified atom stereocenters. The van der Waals surface area contributed by atoms with Crippen molar-refractivity contribution >= 4 is 29.3 Å². The Balaban J connectivity index is 1.22. The zero-order chi connectivity index (χ0) is 24.2. The number of tetrazole rings is 1. The van der Waals surface area contributed by atoms with Gasteiger partial charge in [-0.25, -0.2) is 4.68 Å². The summed E-state index contributed by atoms with van der Waals surface area (Å²) in [6, 6.07) is 13.0. The summed E-state index contributed by atoms with van der Waals surface area (Å²) in [7, 11) is 1.72. The average molecular weight is 495 g/mol. The molecule has 1 fully saturated rings. The lowest BCUT2D eigenvalue weighted by Gasteiger charge is -2.26. The van der Waals surface area contributed by atoms with E-state index in [0.717, 1.165) is 36.3 Å². The van der Waals surface area contributed by atoms with Crippen LogP contribution in [0.5, 0.6) is 11.5 Å². The summed E-state index contributed by atoms with van der Waals surface area (Å²) >= 11 is 1.25. The number of benzene rings is 2. The number of aromatic nitrogens is 4. The first-order valence-corrected chi connectivity index (χ1v) is 12.5. The van der Waals surface area contributed by atoms with E-state index in [4.69, 9.17) is 9.47 Å². The summed E-state index contributed by atoms with van der Waals surface area (Å²) in [4.78, 5) is 27.5. The third-order valence-electron chi connectivity index (χ3n) is 6.00. The predicted molar refractivity (Wildman–Crippen MR) is 130 cm³/mol. The number of aryl methyl sites for hydroxylation is 1. The molecular formula is C24H26N6O4S. The van der Waals surface area contributed by atoms with Crippen LogP contribution in [-0.2, 0) is 11.8 Å². The van der Waals surface area contributed by atoms with E-state index in [2.05, 4.69) is 20.8 Å². The Morgan fingerprint density at radius 1 is 1.09 bits per heavy atom.